The first-order valence-corrected chi connectivity index (χ1v) is 3.64. The molecule has 2 nitrogen and oxygen atoms in total. The summed E-state index contributed by atoms with van der Waals surface area (Å²) in [5.41, 5.74) is 1.68. The third-order valence-electron chi connectivity index (χ3n) is 1.55. The lowest BCUT2D eigenvalue weighted by molar-refractivity contribution is 0.614. The van der Waals surface area contributed by atoms with Crippen molar-refractivity contribution in [1.82, 2.24) is 4.98 Å². The van der Waals surface area contributed by atoms with E-state index in [-0.39, 0.29) is 0 Å². The molecule has 0 unspecified atom stereocenters. The van der Waals surface area contributed by atoms with E-state index in [1.807, 2.05) is 13.0 Å². The van der Waals surface area contributed by atoms with Gasteiger partial charge in [-0.3, -0.25) is 4.98 Å². The maximum Gasteiger partial charge on any atom is 0.153 e. The molecule has 0 aliphatic heterocycles. The van der Waals surface area contributed by atoms with Gasteiger partial charge >= 0.3 is 0 Å². The molecule has 2 rings (SSSR count). The van der Waals surface area contributed by atoms with Crippen LogP contribution < -0.4 is 0 Å². The van der Waals surface area contributed by atoms with Crippen LogP contribution in [0.15, 0.2) is 22.9 Å². The van der Waals surface area contributed by atoms with E-state index in [0.717, 1.165) is 16.7 Å². The Kier molecular flexibility index (Phi) is 1.36. The van der Waals surface area contributed by atoms with Crippen LogP contribution in [0.4, 0.5) is 0 Å². The SMILES string of the molecule is Cc1cc2c(Cl)coc2cn1. The van der Waals surface area contributed by atoms with E-state index in [0.29, 0.717) is 5.02 Å². The molecule has 0 aromatic carbocycles. The van der Waals surface area contributed by atoms with E-state index in [1.54, 1.807) is 6.20 Å². The minimum absolute atomic E-state index is 0.644. The number of pyridine rings is 1. The Labute approximate surface area is 68.8 Å². The predicted octanol–water partition coefficient (Wildman–Crippen LogP) is 2.79. The highest BCUT2D eigenvalue weighted by atomic mass is 35.5. The van der Waals surface area contributed by atoms with Crippen molar-refractivity contribution in [3.05, 3.63) is 29.2 Å². The van der Waals surface area contributed by atoms with Gasteiger partial charge in [0.25, 0.3) is 0 Å². The number of hydrogen-bond donors (Lipinski definition) is 0. The summed E-state index contributed by atoms with van der Waals surface area (Å²) in [5, 5.41) is 1.57. The average molecular weight is 168 g/mol. The Morgan fingerprint density at radius 2 is 2.36 bits per heavy atom. The third-order valence-corrected chi connectivity index (χ3v) is 1.84. The van der Waals surface area contributed by atoms with Crippen LogP contribution >= 0.6 is 11.6 Å². The Morgan fingerprint density at radius 1 is 1.55 bits per heavy atom. The Morgan fingerprint density at radius 3 is 3.18 bits per heavy atom. The highest BCUT2D eigenvalue weighted by Crippen LogP contribution is 2.24. The van der Waals surface area contributed by atoms with Gasteiger partial charge in [0.2, 0.25) is 0 Å². The van der Waals surface area contributed by atoms with Crippen molar-refractivity contribution < 1.29 is 4.42 Å². The summed E-state index contributed by atoms with van der Waals surface area (Å²) in [7, 11) is 0. The molecule has 0 fully saturated rings. The van der Waals surface area contributed by atoms with Gasteiger partial charge in [-0.25, -0.2) is 0 Å². The molecule has 0 saturated carbocycles. The molecule has 2 heterocycles. The summed E-state index contributed by atoms with van der Waals surface area (Å²) in [5.74, 6) is 0. The molecule has 0 spiro atoms. The minimum atomic E-state index is 0.644. The Hall–Kier alpha value is -1.02. The summed E-state index contributed by atoms with van der Waals surface area (Å²) in [6.45, 7) is 1.92. The van der Waals surface area contributed by atoms with E-state index in [2.05, 4.69) is 4.98 Å². The fourth-order valence-corrected chi connectivity index (χ4v) is 1.20. The van der Waals surface area contributed by atoms with Gasteiger partial charge in [-0.1, -0.05) is 11.6 Å². The largest absolute Gasteiger partial charge is 0.461 e. The number of aryl methyl sites for hydroxylation is 1. The smallest absolute Gasteiger partial charge is 0.153 e. The van der Waals surface area contributed by atoms with Gasteiger partial charge in [-0.05, 0) is 13.0 Å². The zero-order chi connectivity index (χ0) is 7.84. The van der Waals surface area contributed by atoms with Crippen LogP contribution in [0.25, 0.3) is 11.0 Å². The standard InChI is InChI=1S/C8H6ClNO/c1-5-2-6-7(9)4-11-8(6)3-10-5/h2-4H,1H3. The second-order valence-electron chi connectivity index (χ2n) is 2.41. The minimum Gasteiger partial charge on any atom is -0.461 e. The quantitative estimate of drug-likeness (QED) is 0.603. The highest BCUT2D eigenvalue weighted by molar-refractivity contribution is 6.35. The molecule has 0 N–H and O–H groups in total. The zero-order valence-electron chi connectivity index (χ0n) is 5.97. The van der Waals surface area contributed by atoms with Gasteiger partial charge in [-0.15, -0.1) is 0 Å². The number of nitrogens with zero attached hydrogens (tertiary/aromatic N) is 1. The maximum absolute atomic E-state index is 5.82. The first-order valence-electron chi connectivity index (χ1n) is 3.27. The van der Waals surface area contributed by atoms with E-state index >= 15 is 0 Å². The summed E-state index contributed by atoms with van der Waals surface area (Å²) in [6, 6.07) is 1.90. The van der Waals surface area contributed by atoms with Gasteiger partial charge in [-0.2, -0.15) is 0 Å². The van der Waals surface area contributed by atoms with Crippen LogP contribution in [0, 0.1) is 6.92 Å². The Bertz CT molecular complexity index is 394. The molecular weight excluding hydrogens is 162 g/mol. The highest BCUT2D eigenvalue weighted by Gasteiger charge is 2.02. The number of furan rings is 1. The van der Waals surface area contributed by atoms with Crippen LogP contribution in [0.2, 0.25) is 5.02 Å². The van der Waals surface area contributed by atoms with Gasteiger partial charge in [0.05, 0.1) is 11.2 Å². The lowest BCUT2D eigenvalue weighted by Crippen LogP contribution is -1.76. The van der Waals surface area contributed by atoms with Gasteiger partial charge in [0.1, 0.15) is 6.26 Å². The van der Waals surface area contributed by atoms with Crippen LogP contribution in [0.1, 0.15) is 5.69 Å². The summed E-state index contributed by atoms with van der Waals surface area (Å²) >= 11 is 5.82. The number of aromatic nitrogens is 1. The molecule has 0 saturated heterocycles. The molecule has 0 aliphatic rings. The lowest BCUT2D eigenvalue weighted by Gasteiger charge is -1.89. The fourth-order valence-electron chi connectivity index (χ4n) is 1.01. The van der Waals surface area contributed by atoms with Gasteiger partial charge in [0, 0.05) is 11.1 Å². The third kappa shape index (κ3) is 0.994. The van der Waals surface area contributed by atoms with Gasteiger partial charge in [0.15, 0.2) is 5.58 Å². The molecule has 2 aromatic rings. The first kappa shape index (κ1) is 6.68. The van der Waals surface area contributed by atoms with E-state index in [4.69, 9.17) is 16.0 Å². The molecule has 11 heavy (non-hydrogen) atoms. The molecule has 3 heteroatoms. The fraction of sp³-hybridized carbons (Fsp3) is 0.125. The molecule has 0 atom stereocenters. The summed E-state index contributed by atoms with van der Waals surface area (Å²) in [4.78, 5) is 4.07. The van der Waals surface area contributed by atoms with E-state index in [9.17, 15) is 0 Å². The van der Waals surface area contributed by atoms with Crippen molar-refractivity contribution in [2.24, 2.45) is 0 Å². The maximum atomic E-state index is 5.82. The Balaban J connectivity index is 2.87. The van der Waals surface area contributed by atoms with Crippen LogP contribution in [0.5, 0.6) is 0 Å². The topological polar surface area (TPSA) is 26.0 Å². The molecular formula is C8H6ClNO. The van der Waals surface area contributed by atoms with Crippen LogP contribution in [0.3, 0.4) is 0 Å². The van der Waals surface area contributed by atoms with E-state index < -0.39 is 0 Å². The lowest BCUT2D eigenvalue weighted by atomic mass is 10.3. The summed E-state index contributed by atoms with van der Waals surface area (Å²) in [6.07, 6.45) is 3.20. The average Bonchev–Trinajstić information content (AvgIpc) is 2.33. The van der Waals surface area contributed by atoms with Crippen molar-refractivity contribution in [3.8, 4) is 0 Å². The van der Waals surface area contributed by atoms with Crippen LogP contribution in [-0.2, 0) is 0 Å². The van der Waals surface area contributed by atoms with E-state index in [1.165, 1.54) is 6.26 Å². The predicted molar refractivity (Wildman–Crippen MR) is 43.8 cm³/mol. The van der Waals surface area contributed by atoms with Crippen molar-refractivity contribution in [2.45, 2.75) is 6.92 Å². The normalized spacial score (nSPS) is 10.7. The number of rotatable bonds is 0. The van der Waals surface area contributed by atoms with Crippen molar-refractivity contribution in [2.75, 3.05) is 0 Å². The van der Waals surface area contributed by atoms with Crippen molar-refractivity contribution >= 4 is 22.6 Å². The molecule has 0 bridgehead atoms. The number of hydrogen-bond acceptors (Lipinski definition) is 2. The zero-order valence-corrected chi connectivity index (χ0v) is 6.72. The van der Waals surface area contributed by atoms with Gasteiger partial charge < -0.3 is 4.42 Å². The molecule has 0 radical (unpaired) electrons. The number of halogens is 1. The molecule has 56 valence electrons. The van der Waals surface area contributed by atoms with Crippen LogP contribution in [-0.4, -0.2) is 4.98 Å². The van der Waals surface area contributed by atoms with Crippen molar-refractivity contribution in [1.29, 1.82) is 0 Å². The van der Waals surface area contributed by atoms with Crippen molar-refractivity contribution in [3.63, 3.8) is 0 Å². The molecule has 0 amide bonds. The second kappa shape index (κ2) is 2.24. The second-order valence-corrected chi connectivity index (χ2v) is 2.81. The first-order chi connectivity index (χ1) is 5.27. The molecule has 2 aromatic heterocycles. The number of fused-ring (bicyclic) bond motifs is 1. The summed E-state index contributed by atoms with van der Waals surface area (Å²) < 4.78 is 5.11. The molecule has 0 aliphatic carbocycles. The monoisotopic (exact) mass is 167 g/mol.